The zero-order valence-corrected chi connectivity index (χ0v) is 28.4. The maximum atomic E-state index is 12.2. The second-order valence-corrected chi connectivity index (χ2v) is 12.1. The summed E-state index contributed by atoms with van der Waals surface area (Å²) in [7, 11) is 0. The minimum absolute atomic E-state index is 0.00770. The van der Waals surface area contributed by atoms with Gasteiger partial charge in [0, 0.05) is 54.1 Å². The molecule has 2 amide bonds. The highest BCUT2D eigenvalue weighted by atomic mass is 35.5. The normalized spacial score (nSPS) is 10.3. The van der Waals surface area contributed by atoms with Gasteiger partial charge in [0.1, 0.15) is 11.6 Å². The monoisotopic (exact) mass is 672 g/mol. The Morgan fingerprint density at radius 2 is 1.00 bits per heavy atom. The molecule has 5 aromatic rings. The Morgan fingerprint density at radius 3 is 1.45 bits per heavy atom. The van der Waals surface area contributed by atoms with E-state index in [4.69, 9.17) is 11.6 Å². The number of ketones is 2. The predicted octanol–water partition coefficient (Wildman–Crippen LogP) is 9.12. The Morgan fingerprint density at radius 1 is 0.531 bits per heavy atom. The van der Waals surface area contributed by atoms with Gasteiger partial charge < -0.3 is 10.6 Å². The van der Waals surface area contributed by atoms with E-state index < -0.39 is 0 Å². The molecule has 0 radical (unpaired) electrons. The van der Waals surface area contributed by atoms with Gasteiger partial charge in [0.2, 0.25) is 5.91 Å². The van der Waals surface area contributed by atoms with Crippen molar-refractivity contribution in [2.75, 3.05) is 10.6 Å². The zero-order valence-electron chi connectivity index (χ0n) is 27.7. The molecule has 0 aliphatic carbocycles. The molecule has 0 bridgehead atoms. The Hall–Kier alpha value is -5.33. The van der Waals surface area contributed by atoms with Crippen molar-refractivity contribution < 1.29 is 19.2 Å². The number of hydrogen-bond donors (Lipinski definition) is 2. The summed E-state index contributed by atoms with van der Waals surface area (Å²) >= 11 is 5.91. The van der Waals surface area contributed by atoms with Gasteiger partial charge in [-0.25, -0.2) is 0 Å². The molecular weight excluding hydrogens is 632 g/mol. The molecule has 49 heavy (non-hydrogen) atoms. The lowest BCUT2D eigenvalue weighted by molar-refractivity contribution is -0.119. The van der Waals surface area contributed by atoms with Crippen LogP contribution in [-0.4, -0.2) is 23.4 Å². The Labute approximate surface area is 293 Å². The van der Waals surface area contributed by atoms with Gasteiger partial charge in [-0.3, -0.25) is 19.2 Å². The molecule has 0 heterocycles. The fourth-order valence-electron chi connectivity index (χ4n) is 4.98. The molecule has 6 nitrogen and oxygen atoms in total. The van der Waals surface area contributed by atoms with E-state index >= 15 is 0 Å². The minimum Gasteiger partial charge on any atom is -0.326 e. The van der Waals surface area contributed by atoms with Crippen LogP contribution in [0.4, 0.5) is 11.4 Å². The van der Waals surface area contributed by atoms with Gasteiger partial charge in [0.25, 0.3) is 5.91 Å². The number of rotatable bonds is 14. The van der Waals surface area contributed by atoms with Crippen molar-refractivity contribution in [1.82, 2.24) is 0 Å². The van der Waals surface area contributed by atoms with E-state index in [1.807, 2.05) is 116 Å². The highest BCUT2D eigenvalue weighted by molar-refractivity contribution is 6.31. The van der Waals surface area contributed by atoms with Crippen LogP contribution in [0.5, 0.6) is 0 Å². The third-order valence-corrected chi connectivity index (χ3v) is 7.97. The van der Waals surface area contributed by atoms with Crippen molar-refractivity contribution in [2.45, 2.75) is 51.9 Å². The second-order valence-electron chi connectivity index (χ2n) is 11.7. The topological polar surface area (TPSA) is 92.3 Å². The molecule has 0 fully saturated rings. The molecule has 0 spiro atoms. The van der Waals surface area contributed by atoms with Crippen LogP contribution in [0.25, 0.3) is 0 Å². The zero-order chi connectivity index (χ0) is 34.8. The molecular formula is C42H41ClN2O4. The highest BCUT2D eigenvalue weighted by Gasteiger charge is 2.09. The van der Waals surface area contributed by atoms with Crippen LogP contribution >= 0.6 is 11.6 Å². The van der Waals surface area contributed by atoms with Crippen molar-refractivity contribution in [3.63, 3.8) is 0 Å². The average Bonchev–Trinajstić information content (AvgIpc) is 3.12. The Kier molecular flexibility index (Phi) is 14.5. The second kappa shape index (κ2) is 19.5. The first kappa shape index (κ1) is 36.5. The fraction of sp³-hybridized carbons (Fsp3) is 0.190. The largest absolute Gasteiger partial charge is 0.326 e. The van der Waals surface area contributed by atoms with Gasteiger partial charge in [0.15, 0.2) is 0 Å². The molecule has 2 N–H and O–H groups in total. The number of amides is 2. The molecule has 5 aromatic carbocycles. The molecule has 0 saturated heterocycles. The van der Waals surface area contributed by atoms with E-state index in [9.17, 15) is 19.2 Å². The number of benzene rings is 5. The number of aryl methyl sites for hydroxylation is 2. The third-order valence-electron chi connectivity index (χ3n) is 7.73. The van der Waals surface area contributed by atoms with Crippen LogP contribution in [0.3, 0.4) is 0 Å². The molecule has 0 unspecified atom stereocenters. The predicted molar refractivity (Wildman–Crippen MR) is 198 cm³/mol. The van der Waals surface area contributed by atoms with Gasteiger partial charge in [-0.2, -0.15) is 0 Å². The number of hydrogen-bond acceptors (Lipinski definition) is 4. The summed E-state index contributed by atoms with van der Waals surface area (Å²) in [5.41, 5.74) is 6.23. The van der Waals surface area contributed by atoms with Crippen LogP contribution in [0.15, 0.2) is 133 Å². The Balaban J connectivity index is 0.000000226. The molecule has 0 atom stereocenters. The maximum absolute atomic E-state index is 12.2. The van der Waals surface area contributed by atoms with Crippen molar-refractivity contribution >= 4 is 46.4 Å². The van der Waals surface area contributed by atoms with E-state index in [0.717, 1.165) is 29.7 Å². The molecule has 0 aliphatic heterocycles. The van der Waals surface area contributed by atoms with Gasteiger partial charge in [-0.05, 0) is 77.6 Å². The summed E-state index contributed by atoms with van der Waals surface area (Å²) in [5, 5.41) is 6.15. The molecule has 0 aromatic heterocycles. The summed E-state index contributed by atoms with van der Waals surface area (Å²) in [6.45, 7) is 1.81. The van der Waals surface area contributed by atoms with Crippen molar-refractivity contribution in [1.29, 1.82) is 0 Å². The van der Waals surface area contributed by atoms with Gasteiger partial charge in [-0.1, -0.05) is 110 Å². The molecule has 0 saturated carbocycles. The molecule has 5 rings (SSSR count). The first-order chi connectivity index (χ1) is 23.8. The number of anilines is 2. The number of halogens is 1. The van der Waals surface area contributed by atoms with E-state index in [1.54, 1.807) is 24.3 Å². The Bertz CT molecular complexity index is 1810. The van der Waals surface area contributed by atoms with Crippen LogP contribution in [-0.2, 0) is 40.1 Å². The van der Waals surface area contributed by atoms with Gasteiger partial charge in [-0.15, -0.1) is 0 Å². The van der Waals surface area contributed by atoms with E-state index in [0.29, 0.717) is 48.4 Å². The number of nitrogens with one attached hydrogen (secondary N) is 2. The van der Waals surface area contributed by atoms with E-state index in [2.05, 4.69) is 10.6 Å². The standard InChI is InChI=1S/C23H20ClNO2.C19H21NO2/c24-20-8-4-7-19(16-20)23(27)25-21-12-9-18(10-13-21)15-22(26)14-11-17-5-2-1-3-6-17;1-2-19(22)20-17-11-8-16(9-12-17)14-18(21)13-10-15-6-4-3-5-7-15/h1-10,12-13,16H,11,14-15H2,(H,25,27);3-9,11-12H,2,10,13-14H2,1H3,(H,20,22). The molecule has 7 heteroatoms. The van der Waals surface area contributed by atoms with Crippen molar-refractivity contribution in [2.24, 2.45) is 0 Å². The average molecular weight is 673 g/mol. The lowest BCUT2D eigenvalue weighted by Crippen LogP contribution is -2.11. The lowest BCUT2D eigenvalue weighted by Gasteiger charge is -2.07. The maximum Gasteiger partial charge on any atom is 0.255 e. The number of Topliss-reactive ketones (excluding diaryl/α,β-unsaturated/α-hetero) is 2. The van der Waals surface area contributed by atoms with Crippen molar-refractivity contribution in [3.8, 4) is 0 Å². The number of carbonyl (C=O) groups excluding carboxylic acids is 4. The quantitative estimate of drug-likeness (QED) is 0.123. The van der Waals surface area contributed by atoms with Gasteiger partial charge in [0.05, 0.1) is 0 Å². The first-order valence-electron chi connectivity index (χ1n) is 16.4. The van der Waals surface area contributed by atoms with Crippen LogP contribution in [0.2, 0.25) is 5.02 Å². The molecule has 250 valence electrons. The summed E-state index contributed by atoms with van der Waals surface area (Å²) in [6.07, 6.45) is 3.91. The first-order valence-corrected chi connectivity index (χ1v) is 16.8. The van der Waals surface area contributed by atoms with Crippen molar-refractivity contribution in [3.05, 3.63) is 166 Å². The third kappa shape index (κ3) is 13.4. The minimum atomic E-state index is -0.218. The summed E-state index contributed by atoms with van der Waals surface area (Å²) < 4.78 is 0. The summed E-state index contributed by atoms with van der Waals surface area (Å²) in [4.78, 5) is 47.7. The van der Waals surface area contributed by atoms with Crippen LogP contribution < -0.4 is 10.6 Å². The van der Waals surface area contributed by atoms with Crippen LogP contribution in [0.1, 0.15) is 58.8 Å². The van der Waals surface area contributed by atoms with Gasteiger partial charge >= 0.3 is 0 Å². The number of carbonyl (C=O) groups is 4. The van der Waals surface area contributed by atoms with E-state index in [-0.39, 0.29) is 23.4 Å². The summed E-state index contributed by atoms with van der Waals surface area (Å²) in [6, 6.07) is 41.7. The SMILES string of the molecule is CCC(=O)Nc1ccc(CC(=O)CCc2ccccc2)cc1.O=C(CCc1ccccc1)Cc1ccc(NC(=O)c2cccc(Cl)c2)cc1. The van der Waals surface area contributed by atoms with Crippen LogP contribution in [0, 0.1) is 0 Å². The smallest absolute Gasteiger partial charge is 0.255 e. The van der Waals surface area contributed by atoms with E-state index in [1.165, 1.54) is 11.1 Å². The fourth-order valence-corrected chi connectivity index (χ4v) is 5.17. The summed E-state index contributed by atoms with van der Waals surface area (Å²) in [5.74, 6) is 0.208. The highest BCUT2D eigenvalue weighted by Crippen LogP contribution is 2.16. The molecule has 0 aliphatic rings. The lowest BCUT2D eigenvalue weighted by atomic mass is 10.0.